The van der Waals surface area contributed by atoms with Crippen LogP contribution in [0.2, 0.25) is 0 Å². The minimum atomic E-state index is -1.17. The highest BCUT2D eigenvalue weighted by molar-refractivity contribution is 5.93. The Hall–Kier alpha value is -6.61. The van der Waals surface area contributed by atoms with E-state index in [1.807, 2.05) is 53.7 Å². The molecule has 0 spiro atoms. The smallest absolute Gasteiger partial charge is 0.408 e. The monoisotopic (exact) mass is 1110 g/mol. The number of nitrogens with zero attached hydrogens (tertiary/aromatic N) is 3. The van der Waals surface area contributed by atoms with Gasteiger partial charge in [0.25, 0.3) is 0 Å². The van der Waals surface area contributed by atoms with Crippen molar-refractivity contribution in [1.82, 2.24) is 36.0 Å². The van der Waals surface area contributed by atoms with Crippen molar-refractivity contribution in [3.63, 3.8) is 0 Å². The maximum Gasteiger partial charge on any atom is 0.408 e. The van der Waals surface area contributed by atoms with E-state index in [-0.39, 0.29) is 74.8 Å². The third kappa shape index (κ3) is 20.9. The molecule has 3 rings (SSSR count). The second-order valence-electron chi connectivity index (χ2n) is 21.5. The average molecular weight is 1110 g/mol. The highest BCUT2D eigenvalue weighted by Gasteiger charge is 2.44. The fourth-order valence-electron chi connectivity index (χ4n) is 10.3. The van der Waals surface area contributed by atoms with Gasteiger partial charge in [-0.05, 0) is 61.0 Å². The van der Waals surface area contributed by atoms with E-state index in [1.165, 1.54) is 19.1 Å². The van der Waals surface area contributed by atoms with E-state index in [2.05, 4.69) is 21.3 Å². The van der Waals surface area contributed by atoms with Gasteiger partial charge < -0.3 is 61.0 Å². The molecule has 0 saturated carbocycles. The van der Waals surface area contributed by atoms with Crippen molar-refractivity contribution in [3.8, 4) is 0 Å². The van der Waals surface area contributed by atoms with Gasteiger partial charge in [0, 0.05) is 60.7 Å². The third-order valence-electron chi connectivity index (χ3n) is 15.0. The number of hydrogen-bond donors (Lipinski definition) is 6. The first-order chi connectivity index (χ1) is 37.5. The summed E-state index contributed by atoms with van der Waals surface area (Å²) >= 11 is 0. The van der Waals surface area contributed by atoms with Crippen LogP contribution in [0, 0.1) is 23.7 Å². The van der Waals surface area contributed by atoms with Crippen molar-refractivity contribution < 1.29 is 62.5 Å². The molecule has 1 saturated heterocycles. The minimum absolute atomic E-state index is 0.00633. The number of carbonyl (C=O) groups excluding carboxylic acids is 8. The molecule has 1 heterocycles. The summed E-state index contributed by atoms with van der Waals surface area (Å²) in [5.74, 6) is -5.94. The number of ether oxygens (including phenoxy) is 3. The second-order valence-corrected chi connectivity index (χ2v) is 21.5. The van der Waals surface area contributed by atoms with E-state index in [1.54, 1.807) is 79.3 Å². The van der Waals surface area contributed by atoms with E-state index < -0.39 is 96.0 Å². The summed E-state index contributed by atoms with van der Waals surface area (Å²) in [6, 6.07) is 12.8. The number of nitrogens with two attached hydrogens (primary N) is 1. The average Bonchev–Trinajstić information content (AvgIpc) is 3.93. The molecular formula is C58H90N8O13. The third-order valence-corrected chi connectivity index (χ3v) is 15.0. The Kier molecular flexibility index (Phi) is 28.5. The SMILES string of the molecule is CCC(C)C(C(CC(=O)N1CCCC1C(OC)C(C)C(=O)NC(Cc1ccccc1)C(=O)O)OC)N(C)C(=O)C(NC(=O)C(C(C)C)N(C)C(=O)CCCCCNC(=O)C(CCC(N)=O)NC(=O)OCc1ccccc1)C(C)C. The van der Waals surface area contributed by atoms with Gasteiger partial charge in [0.1, 0.15) is 30.8 Å². The first-order valence-electron chi connectivity index (χ1n) is 27.8. The van der Waals surface area contributed by atoms with E-state index >= 15 is 0 Å². The Morgan fingerprint density at radius 3 is 1.94 bits per heavy atom. The molecule has 0 radical (unpaired) electrons. The minimum Gasteiger partial charge on any atom is -0.480 e. The molecule has 0 aliphatic carbocycles. The number of benzene rings is 2. The number of rotatable bonds is 34. The number of carbonyl (C=O) groups is 9. The van der Waals surface area contributed by atoms with Crippen molar-refractivity contribution in [2.45, 2.75) is 174 Å². The van der Waals surface area contributed by atoms with Crippen LogP contribution in [0.15, 0.2) is 60.7 Å². The predicted molar refractivity (Wildman–Crippen MR) is 297 cm³/mol. The highest BCUT2D eigenvalue weighted by atomic mass is 16.5. The van der Waals surface area contributed by atoms with Crippen molar-refractivity contribution in [1.29, 1.82) is 0 Å². The molecule has 0 aromatic heterocycles. The topological polar surface area (TPSA) is 285 Å². The van der Waals surface area contributed by atoms with Gasteiger partial charge in [0.05, 0.1) is 36.6 Å². The number of alkyl carbamates (subject to hydrolysis) is 1. The van der Waals surface area contributed by atoms with Gasteiger partial charge in [-0.3, -0.25) is 33.6 Å². The molecule has 21 nitrogen and oxygen atoms in total. The van der Waals surface area contributed by atoms with Gasteiger partial charge in [0.15, 0.2) is 0 Å². The first kappa shape index (κ1) is 66.7. The van der Waals surface area contributed by atoms with Crippen LogP contribution in [-0.4, -0.2) is 163 Å². The summed E-state index contributed by atoms with van der Waals surface area (Å²) in [5, 5.41) is 20.9. The Morgan fingerprint density at radius 1 is 0.747 bits per heavy atom. The summed E-state index contributed by atoms with van der Waals surface area (Å²) in [7, 11) is 6.16. The Labute approximate surface area is 467 Å². The van der Waals surface area contributed by atoms with Gasteiger partial charge in [-0.1, -0.05) is 122 Å². The quantitative estimate of drug-likeness (QED) is 0.0524. The molecule has 79 heavy (non-hydrogen) atoms. The fourth-order valence-corrected chi connectivity index (χ4v) is 10.3. The molecule has 440 valence electrons. The second kappa shape index (κ2) is 33.7. The summed E-state index contributed by atoms with van der Waals surface area (Å²) in [5.41, 5.74) is 6.82. The van der Waals surface area contributed by atoms with Gasteiger partial charge >= 0.3 is 12.1 Å². The lowest BCUT2D eigenvalue weighted by Crippen LogP contribution is -2.60. The van der Waals surface area contributed by atoms with Crippen LogP contribution in [0.25, 0.3) is 0 Å². The first-order valence-corrected chi connectivity index (χ1v) is 27.8. The molecule has 2 aromatic rings. The van der Waals surface area contributed by atoms with Crippen molar-refractivity contribution >= 4 is 53.4 Å². The van der Waals surface area contributed by atoms with Gasteiger partial charge in [-0.15, -0.1) is 0 Å². The number of unbranched alkanes of at least 4 members (excludes halogenated alkanes) is 2. The maximum absolute atomic E-state index is 14.7. The van der Waals surface area contributed by atoms with Crippen LogP contribution in [0.3, 0.4) is 0 Å². The number of likely N-dealkylation sites (tertiary alicyclic amines) is 1. The van der Waals surface area contributed by atoms with Crippen LogP contribution < -0.4 is 27.0 Å². The predicted octanol–water partition coefficient (Wildman–Crippen LogP) is 4.58. The molecule has 21 heteroatoms. The van der Waals surface area contributed by atoms with Crippen LogP contribution in [0.5, 0.6) is 0 Å². The van der Waals surface area contributed by atoms with Crippen LogP contribution in [0.1, 0.15) is 124 Å². The largest absolute Gasteiger partial charge is 0.480 e. The molecule has 2 aromatic carbocycles. The molecule has 7 N–H and O–H groups in total. The fraction of sp³-hybridized carbons (Fsp3) is 0.638. The lowest BCUT2D eigenvalue weighted by Gasteiger charge is -2.41. The van der Waals surface area contributed by atoms with Gasteiger partial charge in [-0.2, -0.15) is 0 Å². The zero-order chi connectivity index (χ0) is 58.9. The molecule has 10 atom stereocenters. The number of amides is 8. The summed E-state index contributed by atoms with van der Waals surface area (Å²) in [6.07, 6.45) is 0.924. The summed E-state index contributed by atoms with van der Waals surface area (Å²) in [4.78, 5) is 125. The van der Waals surface area contributed by atoms with E-state index in [9.17, 15) is 48.3 Å². The molecule has 1 aliphatic heterocycles. The zero-order valence-corrected chi connectivity index (χ0v) is 48.4. The van der Waals surface area contributed by atoms with Gasteiger partial charge in [-0.25, -0.2) is 9.59 Å². The standard InChI is InChI=1S/C58H90N8O13/c1-12-38(6)51(45(77-10)34-48(69)66-32-22-27-44(66)52(78-11)39(7)53(70)61-43(57(74)75)33-40-23-16-13-17-24-40)65(9)56(73)49(36(2)3)63-55(72)50(37(4)5)64(8)47(68)28-20-15-21-31-60-54(71)42(29-30-46(59)67)62-58(76)79-35-41-25-18-14-19-26-41/h13-14,16-19,23-26,36-39,42-45,49-52H,12,15,20-22,27-35H2,1-11H3,(H2,59,67)(H,60,71)(H,61,70)(H,62,76)(H,63,72)(H,74,75). The Balaban J connectivity index is 1.63. The number of carboxylic acids is 1. The van der Waals surface area contributed by atoms with Crippen molar-refractivity contribution in [2.75, 3.05) is 41.4 Å². The number of aliphatic carboxylic acids is 1. The molecular weight excluding hydrogens is 1020 g/mol. The number of hydrogen-bond acceptors (Lipinski definition) is 12. The lowest BCUT2D eigenvalue weighted by molar-refractivity contribution is -0.149. The van der Waals surface area contributed by atoms with E-state index in [0.717, 1.165) is 11.1 Å². The van der Waals surface area contributed by atoms with E-state index in [4.69, 9.17) is 19.9 Å². The van der Waals surface area contributed by atoms with Crippen LogP contribution >= 0.6 is 0 Å². The molecule has 1 fully saturated rings. The Bertz CT molecular complexity index is 2290. The molecule has 10 unspecified atom stereocenters. The van der Waals surface area contributed by atoms with Crippen molar-refractivity contribution in [2.24, 2.45) is 29.4 Å². The maximum atomic E-state index is 14.7. The number of methoxy groups -OCH3 is 2. The number of carboxylic acid groups (broad SMARTS) is 1. The Morgan fingerprint density at radius 2 is 1.38 bits per heavy atom. The van der Waals surface area contributed by atoms with E-state index in [0.29, 0.717) is 45.1 Å². The summed E-state index contributed by atoms with van der Waals surface area (Å²) < 4.78 is 17.2. The zero-order valence-electron chi connectivity index (χ0n) is 48.4. The number of primary amides is 1. The number of nitrogens with one attached hydrogen (secondary N) is 4. The highest BCUT2D eigenvalue weighted by Crippen LogP contribution is 2.30. The normalized spacial score (nSPS) is 16.7. The number of likely N-dealkylation sites (N-methyl/N-ethyl adjacent to an activating group) is 2. The molecule has 0 bridgehead atoms. The summed E-state index contributed by atoms with van der Waals surface area (Å²) in [6.45, 7) is 13.5. The van der Waals surface area contributed by atoms with Crippen molar-refractivity contribution in [3.05, 3.63) is 71.8 Å². The molecule has 8 amide bonds. The molecule has 1 aliphatic rings. The lowest BCUT2D eigenvalue weighted by atomic mass is 9.89. The van der Waals surface area contributed by atoms with Crippen LogP contribution in [0.4, 0.5) is 4.79 Å². The van der Waals surface area contributed by atoms with Gasteiger partial charge in [0.2, 0.25) is 41.4 Å². The van der Waals surface area contributed by atoms with Crippen LogP contribution in [-0.2, 0) is 65.6 Å².